The first-order valence-electron chi connectivity index (χ1n) is 7.49. The maximum atomic E-state index is 4.33. The molecule has 1 atom stereocenters. The highest BCUT2D eigenvalue weighted by Crippen LogP contribution is 2.20. The number of nitrogens with zero attached hydrogens (tertiary/aromatic N) is 1. The number of aromatic amines is 1. The molecule has 3 rings (SSSR count). The topological polar surface area (TPSA) is 40.7 Å². The molecule has 3 aromatic rings. The standard InChI is InChI=1S/C18H21N3/c1-3-17(14-8-6-13(2)7-9-14)20-11-15-12-21-18-16(15)5-4-10-19-18/h4-10,12,17,20H,3,11H2,1-2H3,(H,19,21). The number of nitrogens with one attached hydrogen (secondary N) is 2. The Kier molecular flexibility index (Phi) is 4.02. The van der Waals surface area contributed by atoms with Gasteiger partial charge in [0.15, 0.2) is 0 Å². The lowest BCUT2D eigenvalue weighted by molar-refractivity contribution is 0.520. The first kappa shape index (κ1) is 13.8. The Labute approximate surface area is 125 Å². The van der Waals surface area contributed by atoms with Crippen molar-refractivity contribution in [1.82, 2.24) is 15.3 Å². The van der Waals surface area contributed by atoms with Crippen LogP contribution in [-0.4, -0.2) is 9.97 Å². The predicted molar refractivity (Wildman–Crippen MR) is 87.1 cm³/mol. The van der Waals surface area contributed by atoms with Gasteiger partial charge >= 0.3 is 0 Å². The second kappa shape index (κ2) is 6.10. The zero-order valence-corrected chi connectivity index (χ0v) is 12.6. The third-order valence-corrected chi connectivity index (χ3v) is 3.96. The van der Waals surface area contributed by atoms with Crippen LogP contribution in [-0.2, 0) is 6.54 Å². The van der Waals surface area contributed by atoms with Crippen LogP contribution in [0.5, 0.6) is 0 Å². The van der Waals surface area contributed by atoms with Crippen LogP contribution in [0.25, 0.3) is 11.0 Å². The summed E-state index contributed by atoms with van der Waals surface area (Å²) in [5.41, 5.74) is 4.87. The average Bonchev–Trinajstić information content (AvgIpc) is 2.93. The lowest BCUT2D eigenvalue weighted by Crippen LogP contribution is -2.20. The zero-order valence-electron chi connectivity index (χ0n) is 12.6. The molecule has 0 saturated carbocycles. The van der Waals surface area contributed by atoms with Crippen molar-refractivity contribution < 1.29 is 0 Å². The van der Waals surface area contributed by atoms with Crippen molar-refractivity contribution in [2.24, 2.45) is 0 Å². The summed E-state index contributed by atoms with van der Waals surface area (Å²) >= 11 is 0. The number of hydrogen-bond acceptors (Lipinski definition) is 2. The fourth-order valence-electron chi connectivity index (χ4n) is 2.69. The molecule has 21 heavy (non-hydrogen) atoms. The van der Waals surface area contributed by atoms with E-state index in [1.165, 1.54) is 22.1 Å². The van der Waals surface area contributed by atoms with E-state index in [1.807, 2.05) is 18.5 Å². The van der Waals surface area contributed by atoms with Crippen molar-refractivity contribution in [1.29, 1.82) is 0 Å². The van der Waals surface area contributed by atoms with Crippen LogP contribution in [0.1, 0.15) is 36.1 Å². The molecule has 0 aliphatic rings. The first-order chi connectivity index (χ1) is 10.3. The molecule has 0 spiro atoms. The molecule has 2 aromatic heterocycles. The van der Waals surface area contributed by atoms with Crippen LogP contribution in [0.3, 0.4) is 0 Å². The van der Waals surface area contributed by atoms with E-state index in [9.17, 15) is 0 Å². The van der Waals surface area contributed by atoms with E-state index in [0.717, 1.165) is 18.6 Å². The molecule has 0 radical (unpaired) electrons. The van der Waals surface area contributed by atoms with Gasteiger partial charge in [-0.3, -0.25) is 0 Å². The molecule has 0 fully saturated rings. The van der Waals surface area contributed by atoms with Gasteiger partial charge in [0.1, 0.15) is 5.65 Å². The fourth-order valence-corrected chi connectivity index (χ4v) is 2.69. The van der Waals surface area contributed by atoms with E-state index in [4.69, 9.17) is 0 Å². The van der Waals surface area contributed by atoms with Gasteiger partial charge in [0.05, 0.1) is 0 Å². The monoisotopic (exact) mass is 279 g/mol. The van der Waals surface area contributed by atoms with Crippen LogP contribution < -0.4 is 5.32 Å². The average molecular weight is 279 g/mol. The summed E-state index contributed by atoms with van der Waals surface area (Å²) in [5, 5.41) is 4.85. The number of fused-ring (bicyclic) bond motifs is 1. The van der Waals surface area contributed by atoms with Crippen molar-refractivity contribution in [2.45, 2.75) is 32.9 Å². The maximum Gasteiger partial charge on any atom is 0.137 e. The summed E-state index contributed by atoms with van der Waals surface area (Å²) in [4.78, 5) is 7.56. The maximum absolute atomic E-state index is 4.33. The van der Waals surface area contributed by atoms with Crippen molar-refractivity contribution in [3.05, 3.63) is 65.5 Å². The number of hydrogen-bond donors (Lipinski definition) is 2. The Bertz CT molecular complexity index is 713. The first-order valence-corrected chi connectivity index (χ1v) is 7.49. The Morgan fingerprint density at radius 3 is 2.76 bits per heavy atom. The quantitative estimate of drug-likeness (QED) is 0.738. The Hall–Kier alpha value is -2.13. The van der Waals surface area contributed by atoms with Gasteiger partial charge in [-0.1, -0.05) is 36.8 Å². The van der Waals surface area contributed by atoms with Gasteiger partial charge < -0.3 is 10.3 Å². The molecule has 0 saturated heterocycles. The third kappa shape index (κ3) is 2.98. The van der Waals surface area contributed by atoms with Crippen molar-refractivity contribution in [3.8, 4) is 0 Å². The highest BCUT2D eigenvalue weighted by atomic mass is 14.9. The highest BCUT2D eigenvalue weighted by molar-refractivity contribution is 5.79. The zero-order chi connectivity index (χ0) is 14.7. The van der Waals surface area contributed by atoms with Gasteiger partial charge in [-0.05, 0) is 36.6 Å². The number of aryl methyl sites for hydroxylation is 1. The molecule has 1 unspecified atom stereocenters. The number of benzene rings is 1. The molecule has 1 aromatic carbocycles. The van der Waals surface area contributed by atoms with Crippen molar-refractivity contribution in [3.63, 3.8) is 0 Å². The molecule has 3 heteroatoms. The van der Waals surface area contributed by atoms with Gasteiger partial charge in [0, 0.05) is 30.4 Å². The molecule has 0 amide bonds. The molecule has 3 nitrogen and oxygen atoms in total. The SMILES string of the molecule is CCC(NCc1c[nH]c2ncccc12)c1ccc(C)cc1. The molecule has 0 aliphatic heterocycles. The third-order valence-electron chi connectivity index (χ3n) is 3.96. The molecular weight excluding hydrogens is 258 g/mol. The molecular formula is C18H21N3. The van der Waals surface area contributed by atoms with Gasteiger partial charge in [-0.2, -0.15) is 0 Å². The minimum Gasteiger partial charge on any atom is -0.346 e. The van der Waals surface area contributed by atoms with Gasteiger partial charge in [0.2, 0.25) is 0 Å². The number of H-pyrrole nitrogens is 1. The van der Waals surface area contributed by atoms with Crippen LogP contribution in [0.2, 0.25) is 0 Å². The summed E-state index contributed by atoms with van der Waals surface area (Å²) in [6, 6.07) is 13.3. The molecule has 108 valence electrons. The molecule has 2 N–H and O–H groups in total. The summed E-state index contributed by atoms with van der Waals surface area (Å²) < 4.78 is 0. The Morgan fingerprint density at radius 2 is 2.00 bits per heavy atom. The van der Waals surface area contributed by atoms with E-state index in [-0.39, 0.29) is 0 Å². The second-order valence-electron chi connectivity index (χ2n) is 5.47. The van der Waals surface area contributed by atoms with Gasteiger partial charge in [0.25, 0.3) is 0 Å². The smallest absolute Gasteiger partial charge is 0.137 e. The minimum absolute atomic E-state index is 0.382. The number of pyridine rings is 1. The van der Waals surface area contributed by atoms with Crippen LogP contribution in [0.4, 0.5) is 0 Å². The minimum atomic E-state index is 0.382. The van der Waals surface area contributed by atoms with Crippen molar-refractivity contribution in [2.75, 3.05) is 0 Å². The fraction of sp³-hybridized carbons (Fsp3) is 0.278. The molecule has 0 aliphatic carbocycles. The van der Waals surface area contributed by atoms with E-state index < -0.39 is 0 Å². The lowest BCUT2D eigenvalue weighted by Gasteiger charge is -2.17. The van der Waals surface area contributed by atoms with Gasteiger partial charge in [-0.15, -0.1) is 0 Å². The van der Waals surface area contributed by atoms with Gasteiger partial charge in [-0.25, -0.2) is 4.98 Å². The highest BCUT2D eigenvalue weighted by Gasteiger charge is 2.10. The van der Waals surface area contributed by atoms with E-state index in [0.29, 0.717) is 6.04 Å². The van der Waals surface area contributed by atoms with Crippen LogP contribution >= 0.6 is 0 Å². The second-order valence-corrected chi connectivity index (χ2v) is 5.47. The van der Waals surface area contributed by atoms with Crippen LogP contribution in [0.15, 0.2) is 48.8 Å². The number of rotatable bonds is 5. The molecule has 2 heterocycles. The van der Waals surface area contributed by atoms with E-state index >= 15 is 0 Å². The normalized spacial score (nSPS) is 12.7. The predicted octanol–water partition coefficient (Wildman–Crippen LogP) is 4.11. The summed E-state index contributed by atoms with van der Waals surface area (Å²) in [6.45, 7) is 5.18. The van der Waals surface area contributed by atoms with E-state index in [1.54, 1.807) is 0 Å². The molecule has 0 bridgehead atoms. The number of aromatic nitrogens is 2. The van der Waals surface area contributed by atoms with Crippen molar-refractivity contribution >= 4 is 11.0 Å². The van der Waals surface area contributed by atoms with E-state index in [2.05, 4.69) is 59.5 Å². The lowest BCUT2D eigenvalue weighted by atomic mass is 10.0. The summed E-state index contributed by atoms with van der Waals surface area (Å²) in [7, 11) is 0. The summed E-state index contributed by atoms with van der Waals surface area (Å²) in [6.07, 6.45) is 4.94. The Balaban J connectivity index is 1.74. The summed E-state index contributed by atoms with van der Waals surface area (Å²) in [5.74, 6) is 0. The largest absolute Gasteiger partial charge is 0.346 e. The Morgan fingerprint density at radius 1 is 1.19 bits per heavy atom. The van der Waals surface area contributed by atoms with Crippen LogP contribution in [0, 0.1) is 6.92 Å².